The average Bonchev–Trinajstić information content (AvgIpc) is 2.00. The number of nitrogens with zero attached hydrogens (tertiary/aromatic N) is 1. The molecule has 0 bridgehead atoms. The minimum atomic E-state index is -0.708. The maximum absolute atomic E-state index is 10.8. The highest BCUT2D eigenvalue weighted by atomic mass is 16.4. The smallest absolute Gasteiger partial charge is 0.304 e. The molecule has 0 aromatic carbocycles. The fraction of sp³-hybridized carbons (Fsp3) is 0.917. The van der Waals surface area contributed by atoms with Crippen LogP contribution in [0.4, 0.5) is 0 Å². The highest BCUT2D eigenvalue weighted by molar-refractivity contribution is 5.67. The van der Waals surface area contributed by atoms with Gasteiger partial charge >= 0.3 is 5.97 Å². The van der Waals surface area contributed by atoms with E-state index < -0.39 is 5.97 Å². The van der Waals surface area contributed by atoms with E-state index in [0.717, 1.165) is 0 Å². The summed E-state index contributed by atoms with van der Waals surface area (Å²) in [6.07, 6.45) is 0.230. The fourth-order valence-electron chi connectivity index (χ4n) is 2.23. The topological polar surface area (TPSA) is 40.5 Å². The van der Waals surface area contributed by atoms with Gasteiger partial charge in [-0.25, -0.2) is 0 Å². The molecule has 90 valence electrons. The first-order chi connectivity index (χ1) is 6.77. The van der Waals surface area contributed by atoms with Crippen molar-refractivity contribution in [3.63, 3.8) is 0 Å². The molecule has 0 fully saturated rings. The summed E-state index contributed by atoms with van der Waals surface area (Å²) in [5, 5.41) is 8.92. The summed E-state index contributed by atoms with van der Waals surface area (Å²) < 4.78 is 0. The summed E-state index contributed by atoms with van der Waals surface area (Å²) in [6, 6.07) is 0.899. The average molecular weight is 215 g/mol. The Bertz CT molecular complexity index is 192. The van der Waals surface area contributed by atoms with Crippen molar-refractivity contribution >= 4 is 5.97 Å². The molecule has 3 nitrogen and oxygen atoms in total. The van der Waals surface area contributed by atoms with Crippen LogP contribution in [0, 0.1) is 5.92 Å². The number of hydrogen-bond donors (Lipinski definition) is 1. The molecule has 0 amide bonds. The number of aliphatic carboxylic acids is 1. The SMILES string of the molecule is CC(C)C(CC(=O)O)N(C(C)C)C(C)C. The van der Waals surface area contributed by atoms with E-state index in [1.54, 1.807) is 0 Å². The fourth-order valence-corrected chi connectivity index (χ4v) is 2.23. The number of hydrogen-bond acceptors (Lipinski definition) is 2. The second-order valence-electron chi connectivity index (χ2n) is 5.04. The molecular weight excluding hydrogens is 190 g/mol. The highest BCUT2D eigenvalue weighted by Crippen LogP contribution is 2.20. The van der Waals surface area contributed by atoms with Gasteiger partial charge in [0.15, 0.2) is 0 Å². The van der Waals surface area contributed by atoms with Gasteiger partial charge in [-0.05, 0) is 33.6 Å². The van der Waals surface area contributed by atoms with Gasteiger partial charge in [-0.1, -0.05) is 13.8 Å². The molecule has 0 aliphatic carbocycles. The Hall–Kier alpha value is -0.570. The molecule has 1 N–H and O–H groups in total. The van der Waals surface area contributed by atoms with Gasteiger partial charge in [-0.15, -0.1) is 0 Å². The summed E-state index contributed by atoms with van der Waals surface area (Å²) in [6.45, 7) is 12.7. The molecule has 0 spiro atoms. The third kappa shape index (κ3) is 4.65. The van der Waals surface area contributed by atoms with Gasteiger partial charge in [0.1, 0.15) is 0 Å². The zero-order chi connectivity index (χ0) is 12.2. The Balaban J connectivity index is 4.75. The van der Waals surface area contributed by atoms with E-state index in [0.29, 0.717) is 18.0 Å². The van der Waals surface area contributed by atoms with Crippen LogP contribution in [0.25, 0.3) is 0 Å². The van der Waals surface area contributed by atoms with Crippen LogP contribution in [0.15, 0.2) is 0 Å². The number of rotatable bonds is 6. The molecular formula is C12H25NO2. The zero-order valence-corrected chi connectivity index (χ0v) is 10.8. The largest absolute Gasteiger partial charge is 0.481 e. The van der Waals surface area contributed by atoms with Crippen LogP contribution in [-0.2, 0) is 4.79 Å². The Morgan fingerprint density at radius 2 is 1.47 bits per heavy atom. The van der Waals surface area contributed by atoms with Crippen molar-refractivity contribution in [2.75, 3.05) is 0 Å². The lowest BCUT2D eigenvalue weighted by atomic mass is 9.96. The predicted octanol–water partition coefficient (Wildman–Crippen LogP) is 2.60. The highest BCUT2D eigenvalue weighted by Gasteiger charge is 2.28. The third-order valence-electron chi connectivity index (χ3n) is 2.73. The Morgan fingerprint density at radius 3 is 1.67 bits per heavy atom. The Labute approximate surface area is 93.5 Å². The molecule has 0 rings (SSSR count). The molecule has 0 aliphatic heterocycles. The Morgan fingerprint density at radius 1 is 1.07 bits per heavy atom. The minimum Gasteiger partial charge on any atom is -0.481 e. The second-order valence-corrected chi connectivity index (χ2v) is 5.04. The quantitative estimate of drug-likeness (QED) is 0.740. The van der Waals surface area contributed by atoms with E-state index in [4.69, 9.17) is 5.11 Å². The third-order valence-corrected chi connectivity index (χ3v) is 2.73. The summed E-state index contributed by atoms with van der Waals surface area (Å²) in [7, 11) is 0. The van der Waals surface area contributed by atoms with E-state index in [1.165, 1.54) is 0 Å². The maximum Gasteiger partial charge on any atom is 0.304 e. The van der Waals surface area contributed by atoms with Crippen LogP contribution in [-0.4, -0.2) is 34.1 Å². The number of carboxylic acids is 1. The van der Waals surface area contributed by atoms with Gasteiger partial charge in [0.05, 0.1) is 6.42 Å². The molecule has 0 aliphatic rings. The van der Waals surface area contributed by atoms with E-state index in [9.17, 15) is 4.79 Å². The van der Waals surface area contributed by atoms with Gasteiger partial charge in [0.2, 0.25) is 0 Å². The summed E-state index contributed by atoms with van der Waals surface area (Å²) in [4.78, 5) is 13.1. The lowest BCUT2D eigenvalue weighted by Crippen LogP contribution is -2.48. The first-order valence-corrected chi connectivity index (χ1v) is 5.76. The Kier molecular flexibility index (Phi) is 5.88. The first-order valence-electron chi connectivity index (χ1n) is 5.76. The number of carbonyl (C=O) groups is 1. The van der Waals surface area contributed by atoms with Crippen molar-refractivity contribution in [3.05, 3.63) is 0 Å². The molecule has 0 aromatic rings. The van der Waals surface area contributed by atoms with Crippen LogP contribution < -0.4 is 0 Å². The summed E-state index contributed by atoms with van der Waals surface area (Å²) >= 11 is 0. The zero-order valence-electron chi connectivity index (χ0n) is 10.8. The molecule has 0 saturated carbocycles. The van der Waals surface area contributed by atoms with Crippen LogP contribution >= 0.6 is 0 Å². The predicted molar refractivity (Wildman–Crippen MR) is 63.0 cm³/mol. The number of carboxylic acid groups (broad SMARTS) is 1. The van der Waals surface area contributed by atoms with E-state index in [-0.39, 0.29) is 12.5 Å². The molecule has 15 heavy (non-hydrogen) atoms. The van der Waals surface area contributed by atoms with Crippen molar-refractivity contribution < 1.29 is 9.90 Å². The second kappa shape index (κ2) is 6.11. The molecule has 1 atom stereocenters. The van der Waals surface area contributed by atoms with E-state index in [2.05, 4.69) is 46.4 Å². The van der Waals surface area contributed by atoms with E-state index in [1.807, 2.05) is 0 Å². The summed E-state index contributed by atoms with van der Waals surface area (Å²) in [5.74, 6) is -0.342. The minimum absolute atomic E-state index is 0.127. The van der Waals surface area contributed by atoms with Gasteiger partial charge in [-0.3, -0.25) is 9.69 Å². The van der Waals surface area contributed by atoms with Gasteiger partial charge in [0.25, 0.3) is 0 Å². The lowest BCUT2D eigenvalue weighted by molar-refractivity contribution is -0.139. The molecule has 3 heteroatoms. The van der Waals surface area contributed by atoms with Crippen LogP contribution in [0.1, 0.15) is 48.0 Å². The van der Waals surface area contributed by atoms with Crippen molar-refractivity contribution in [1.82, 2.24) is 4.90 Å². The van der Waals surface area contributed by atoms with Crippen molar-refractivity contribution in [2.24, 2.45) is 5.92 Å². The normalized spacial score (nSPS) is 14.3. The van der Waals surface area contributed by atoms with Gasteiger partial charge < -0.3 is 5.11 Å². The van der Waals surface area contributed by atoms with E-state index >= 15 is 0 Å². The first kappa shape index (κ1) is 14.4. The molecule has 1 unspecified atom stereocenters. The molecule has 0 saturated heterocycles. The molecule has 0 heterocycles. The molecule has 0 aromatic heterocycles. The maximum atomic E-state index is 10.8. The van der Waals surface area contributed by atoms with Gasteiger partial charge in [-0.2, -0.15) is 0 Å². The van der Waals surface area contributed by atoms with Crippen LogP contribution in [0.5, 0.6) is 0 Å². The standard InChI is InChI=1S/C12H25NO2/c1-8(2)11(7-12(14)15)13(9(3)4)10(5)6/h8-11H,7H2,1-6H3,(H,14,15). The van der Waals surface area contributed by atoms with Crippen LogP contribution in [0.3, 0.4) is 0 Å². The lowest BCUT2D eigenvalue weighted by Gasteiger charge is -2.39. The monoisotopic (exact) mass is 215 g/mol. The summed E-state index contributed by atoms with van der Waals surface area (Å²) in [5.41, 5.74) is 0. The van der Waals surface area contributed by atoms with Crippen molar-refractivity contribution in [1.29, 1.82) is 0 Å². The van der Waals surface area contributed by atoms with Crippen LogP contribution in [0.2, 0.25) is 0 Å². The van der Waals surface area contributed by atoms with Crippen molar-refractivity contribution in [3.8, 4) is 0 Å². The molecule has 0 radical (unpaired) electrons. The van der Waals surface area contributed by atoms with Gasteiger partial charge in [0, 0.05) is 18.1 Å². The van der Waals surface area contributed by atoms with Crippen molar-refractivity contribution in [2.45, 2.75) is 66.1 Å².